The van der Waals surface area contributed by atoms with Gasteiger partial charge in [-0.25, -0.2) is 14.8 Å². The second-order valence-electron chi connectivity index (χ2n) is 3.40. The Hall–Kier alpha value is -1.89. The van der Waals surface area contributed by atoms with E-state index < -0.39 is 5.97 Å². The van der Waals surface area contributed by atoms with E-state index in [-0.39, 0.29) is 5.69 Å². The van der Waals surface area contributed by atoms with Crippen LogP contribution >= 0.6 is 11.3 Å². The Morgan fingerprint density at radius 1 is 1.65 bits per heavy atom. The molecule has 0 saturated heterocycles. The van der Waals surface area contributed by atoms with Gasteiger partial charge < -0.3 is 15.0 Å². The maximum atomic E-state index is 11.4. The summed E-state index contributed by atoms with van der Waals surface area (Å²) in [6.45, 7) is 2.30. The zero-order valence-electron chi connectivity index (χ0n) is 9.51. The van der Waals surface area contributed by atoms with Crippen LogP contribution in [-0.2, 0) is 11.3 Å². The fourth-order valence-corrected chi connectivity index (χ4v) is 2.10. The number of nitrogen functional groups attached to an aromatic ring is 1. The topological polar surface area (TPSA) is 83.0 Å². The molecule has 17 heavy (non-hydrogen) atoms. The molecule has 0 atom stereocenters. The lowest BCUT2D eigenvalue weighted by molar-refractivity contribution is 0.0595. The average molecular weight is 252 g/mol. The Balaban J connectivity index is 2.35. The number of aromatic nitrogens is 3. The van der Waals surface area contributed by atoms with Crippen LogP contribution in [0.4, 0.5) is 5.82 Å². The minimum Gasteiger partial charge on any atom is -0.464 e. The average Bonchev–Trinajstić information content (AvgIpc) is 2.91. The number of nitrogens with two attached hydrogens (primary N) is 1. The first-order chi connectivity index (χ1) is 8.13. The minimum absolute atomic E-state index is 0.154. The van der Waals surface area contributed by atoms with E-state index in [1.807, 2.05) is 5.38 Å². The van der Waals surface area contributed by atoms with Crippen molar-refractivity contribution in [3.8, 4) is 0 Å². The first-order valence-corrected chi connectivity index (χ1v) is 5.80. The molecule has 90 valence electrons. The standard InChI is InChI=1S/C10H12N4O2S/c1-6-13-8(10(15)16-2)9(11)14(6)5-7-12-3-4-17-7/h3-4H,5,11H2,1-2H3. The Bertz CT molecular complexity index is 533. The molecular formula is C10H12N4O2S. The molecule has 2 aromatic heterocycles. The summed E-state index contributed by atoms with van der Waals surface area (Å²) >= 11 is 1.53. The van der Waals surface area contributed by atoms with Gasteiger partial charge in [0.05, 0.1) is 13.7 Å². The van der Waals surface area contributed by atoms with E-state index in [4.69, 9.17) is 5.73 Å². The smallest absolute Gasteiger partial charge is 0.360 e. The number of esters is 1. The van der Waals surface area contributed by atoms with Crippen molar-refractivity contribution >= 4 is 23.1 Å². The van der Waals surface area contributed by atoms with E-state index in [0.717, 1.165) is 5.01 Å². The van der Waals surface area contributed by atoms with Gasteiger partial charge in [0, 0.05) is 11.6 Å². The van der Waals surface area contributed by atoms with Crippen molar-refractivity contribution in [1.82, 2.24) is 14.5 Å². The third-order valence-corrected chi connectivity index (χ3v) is 3.12. The first kappa shape index (κ1) is 11.6. The number of anilines is 1. The van der Waals surface area contributed by atoms with Crippen LogP contribution < -0.4 is 5.73 Å². The lowest BCUT2D eigenvalue weighted by Crippen LogP contribution is -2.09. The SMILES string of the molecule is COC(=O)c1nc(C)n(Cc2nccs2)c1N. The third-order valence-electron chi connectivity index (χ3n) is 2.35. The van der Waals surface area contributed by atoms with Gasteiger partial charge in [0.2, 0.25) is 0 Å². The zero-order chi connectivity index (χ0) is 12.4. The normalized spacial score (nSPS) is 10.5. The van der Waals surface area contributed by atoms with Gasteiger partial charge in [0.15, 0.2) is 5.69 Å². The molecule has 0 aliphatic rings. The molecule has 6 nitrogen and oxygen atoms in total. The molecule has 0 saturated carbocycles. The van der Waals surface area contributed by atoms with Crippen LogP contribution in [0.1, 0.15) is 21.3 Å². The van der Waals surface area contributed by atoms with Crippen molar-refractivity contribution in [2.24, 2.45) is 0 Å². The Labute approximate surface area is 102 Å². The van der Waals surface area contributed by atoms with Crippen LogP contribution in [0.15, 0.2) is 11.6 Å². The lowest BCUT2D eigenvalue weighted by atomic mass is 10.4. The number of methoxy groups -OCH3 is 1. The van der Waals surface area contributed by atoms with Crippen molar-refractivity contribution in [3.05, 3.63) is 28.1 Å². The number of imidazole rings is 1. The van der Waals surface area contributed by atoms with Gasteiger partial charge in [0.1, 0.15) is 16.6 Å². The highest BCUT2D eigenvalue weighted by atomic mass is 32.1. The van der Waals surface area contributed by atoms with Gasteiger partial charge in [-0.05, 0) is 6.92 Å². The quantitative estimate of drug-likeness (QED) is 0.826. The van der Waals surface area contributed by atoms with Crippen LogP contribution in [0.25, 0.3) is 0 Å². The Morgan fingerprint density at radius 3 is 3.00 bits per heavy atom. The molecule has 0 aromatic carbocycles. The number of hydrogen-bond acceptors (Lipinski definition) is 6. The monoisotopic (exact) mass is 252 g/mol. The molecule has 0 radical (unpaired) electrons. The van der Waals surface area contributed by atoms with E-state index >= 15 is 0 Å². The molecule has 2 rings (SSSR count). The predicted octanol–water partition coefficient (Wildman–Crippen LogP) is 1.07. The molecule has 2 aromatic rings. The molecule has 0 unspecified atom stereocenters. The van der Waals surface area contributed by atoms with Gasteiger partial charge in [-0.3, -0.25) is 0 Å². The Kier molecular flexibility index (Phi) is 3.10. The summed E-state index contributed by atoms with van der Waals surface area (Å²) in [6, 6.07) is 0. The van der Waals surface area contributed by atoms with E-state index in [1.165, 1.54) is 18.4 Å². The maximum Gasteiger partial charge on any atom is 0.360 e. The summed E-state index contributed by atoms with van der Waals surface area (Å²) in [5.74, 6) is 0.450. The number of rotatable bonds is 3. The van der Waals surface area contributed by atoms with E-state index in [1.54, 1.807) is 17.7 Å². The molecule has 0 bridgehead atoms. The number of carbonyl (C=O) groups excluding carboxylic acids is 1. The van der Waals surface area contributed by atoms with Crippen LogP contribution in [0, 0.1) is 6.92 Å². The largest absolute Gasteiger partial charge is 0.464 e. The van der Waals surface area contributed by atoms with Gasteiger partial charge in [0.25, 0.3) is 0 Å². The van der Waals surface area contributed by atoms with Gasteiger partial charge in [-0.15, -0.1) is 11.3 Å². The van der Waals surface area contributed by atoms with Crippen molar-refractivity contribution < 1.29 is 9.53 Å². The van der Waals surface area contributed by atoms with Crippen molar-refractivity contribution in [3.63, 3.8) is 0 Å². The van der Waals surface area contributed by atoms with Crippen molar-refractivity contribution in [2.45, 2.75) is 13.5 Å². The molecule has 0 spiro atoms. The predicted molar refractivity (Wildman–Crippen MR) is 63.9 cm³/mol. The maximum absolute atomic E-state index is 11.4. The molecule has 0 fully saturated rings. The molecule has 7 heteroatoms. The fourth-order valence-electron chi connectivity index (χ4n) is 1.49. The fraction of sp³-hybridized carbons (Fsp3) is 0.300. The molecule has 2 N–H and O–H groups in total. The van der Waals surface area contributed by atoms with Crippen LogP contribution in [-0.4, -0.2) is 27.6 Å². The van der Waals surface area contributed by atoms with Crippen molar-refractivity contribution in [2.75, 3.05) is 12.8 Å². The second-order valence-corrected chi connectivity index (χ2v) is 4.38. The summed E-state index contributed by atoms with van der Waals surface area (Å²) in [4.78, 5) is 19.7. The Morgan fingerprint density at radius 2 is 2.41 bits per heavy atom. The number of ether oxygens (including phenoxy) is 1. The molecular weight excluding hydrogens is 240 g/mol. The summed E-state index contributed by atoms with van der Waals surface area (Å²) in [6.07, 6.45) is 1.73. The van der Waals surface area contributed by atoms with Crippen LogP contribution in [0.2, 0.25) is 0 Å². The van der Waals surface area contributed by atoms with E-state index in [2.05, 4.69) is 14.7 Å². The third kappa shape index (κ3) is 2.14. The lowest BCUT2D eigenvalue weighted by Gasteiger charge is -2.04. The van der Waals surface area contributed by atoms with Crippen molar-refractivity contribution in [1.29, 1.82) is 0 Å². The van der Waals surface area contributed by atoms with E-state index in [9.17, 15) is 4.79 Å². The minimum atomic E-state index is -0.525. The van der Waals surface area contributed by atoms with Gasteiger partial charge >= 0.3 is 5.97 Å². The summed E-state index contributed by atoms with van der Waals surface area (Å²) in [5.41, 5.74) is 6.03. The number of nitrogens with zero attached hydrogens (tertiary/aromatic N) is 3. The van der Waals surface area contributed by atoms with Gasteiger partial charge in [-0.1, -0.05) is 0 Å². The number of thiazole rings is 1. The number of carbonyl (C=O) groups is 1. The zero-order valence-corrected chi connectivity index (χ0v) is 10.3. The van der Waals surface area contributed by atoms with Crippen LogP contribution in [0.3, 0.4) is 0 Å². The summed E-state index contributed by atoms with van der Waals surface area (Å²) in [5, 5.41) is 2.80. The highest BCUT2D eigenvalue weighted by Gasteiger charge is 2.19. The number of aryl methyl sites for hydroxylation is 1. The first-order valence-electron chi connectivity index (χ1n) is 4.92. The molecule has 0 aliphatic carbocycles. The second kappa shape index (κ2) is 4.54. The highest BCUT2D eigenvalue weighted by Crippen LogP contribution is 2.18. The van der Waals surface area contributed by atoms with Crippen LogP contribution in [0.5, 0.6) is 0 Å². The molecule has 2 heterocycles. The van der Waals surface area contributed by atoms with E-state index in [0.29, 0.717) is 18.2 Å². The summed E-state index contributed by atoms with van der Waals surface area (Å²) < 4.78 is 6.35. The summed E-state index contributed by atoms with van der Waals surface area (Å²) in [7, 11) is 1.30. The van der Waals surface area contributed by atoms with Gasteiger partial charge in [-0.2, -0.15) is 0 Å². The molecule has 0 amide bonds. The molecule has 0 aliphatic heterocycles. The number of hydrogen-bond donors (Lipinski definition) is 1. The highest BCUT2D eigenvalue weighted by molar-refractivity contribution is 7.09.